The normalized spacial score (nSPS) is 29.6. The van der Waals surface area contributed by atoms with Crippen molar-refractivity contribution in [2.24, 2.45) is 17.8 Å². The topological polar surface area (TPSA) is 26.3 Å². The molecule has 0 aromatic heterocycles. The van der Waals surface area contributed by atoms with Crippen LogP contribution in [0, 0.1) is 17.8 Å². The highest BCUT2D eigenvalue weighted by Crippen LogP contribution is 2.35. The molecule has 2 nitrogen and oxygen atoms in total. The van der Waals surface area contributed by atoms with E-state index in [-0.39, 0.29) is 12.1 Å². The molecule has 0 N–H and O–H groups in total. The molecular weight excluding hydrogens is 200 g/mol. The molecular formula is C14H22O2. The van der Waals surface area contributed by atoms with Crippen molar-refractivity contribution in [3.05, 3.63) is 18.4 Å². The van der Waals surface area contributed by atoms with Gasteiger partial charge in [0.15, 0.2) is 0 Å². The van der Waals surface area contributed by atoms with E-state index < -0.39 is 0 Å². The third-order valence-corrected chi connectivity index (χ3v) is 3.45. The van der Waals surface area contributed by atoms with Gasteiger partial charge in [-0.05, 0) is 30.6 Å². The lowest BCUT2D eigenvalue weighted by molar-refractivity contribution is -0.149. The van der Waals surface area contributed by atoms with Gasteiger partial charge in [-0.15, -0.1) is 5.73 Å². The van der Waals surface area contributed by atoms with E-state index in [1.54, 1.807) is 0 Å². The Morgan fingerprint density at radius 2 is 2.19 bits per heavy atom. The van der Waals surface area contributed by atoms with Gasteiger partial charge >= 0.3 is 5.97 Å². The Labute approximate surface area is 98.4 Å². The second-order valence-corrected chi connectivity index (χ2v) is 5.15. The summed E-state index contributed by atoms with van der Waals surface area (Å²) in [5.74, 6) is 1.41. The molecule has 2 heteroatoms. The molecule has 0 aromatic rings. The third-order valence-electron chi connectivity index (χ3n) is 3.45. The van der Waals surface area contributed by atoms with Crippen LogP contribution in [-0.4, -0.2) is 12.1 Å². The summed E-state index contributed by atoms with van der Waals surface area (Å²) < 4.78 is 5.48. The van der Waals surface area contributed by atoms with Gasteiger partial charge < -0.3 is 4.74 Å². The van der Waals surface area contributed by atoms with Crippen molar-refractivity contribution in [1.29, 1.82) is 0 Å². The molecule has 0 saturated heterocycles. The minimum Gasteiger partial charge on any atom is -0.458 e. The zero-order chi connectivity index (χ0) is 12.1. The number of carbonyl (C=O) groups is 1. The van der Waals surface area contributed by atoms with Gasteiger partial charge in [-0.1, -0.05) is 33.8 Å². The summed E-state index contributed by atoms with van der Waals surface area (Å²) >= 11 is 0. The first-order valence-electron chi connectivity index (χ1n) is 6.11. The van der Waals surface area contributed by atoms with E-state index in [0.717, 1.165) is 12.8 Å². The van der Waals surface area contributed by atoms with Gasteiger partial charge in [0.25, 0.3) is 0 Å². The molecule has 0 spiro atoms. The first kappa shape index (κ1) is 13.1. The third kappa shape index (κ3) is 3.53. The standard InChI is InChI=1S/C14H22O2/c1-5-6-14(15)16-13-9-11(4)7-8-12(13)10(2)3/h6,10-13H,1,7-9H2,2-4H3. The molecule has 1 rings (SSSR count). The summed E-state index contributed by atoms with van der Waals surface area (Å²) in [6.45, 7) is 10.0. The lowest BCUT2D eigenvalue weighted by atomic mass is 9.75. The highest BCUT2D eigenvalue weighted by Gasteiger charge is 2.32. The number of carbonyl (C=O) groups excluding carboxylic acids is 1. The largest absolute Gasteiger partial charge is 0.458 e. The first-order chi connectivity index (χ1) is 7.54. The zero-order valence-corrected chi connectivity index (χ0v) is 10.5. The Bertz CT molecular complexity index is 287. The number of rotatable bonds is 3. The summed E-state index contributed by atoms with van der Waals surface area (Å²) in [6.07, 6.45) is 4.74. The fraction of sp³-hybridized carbons (Fsp3) is 0.714. The summed E-state index contributed by atoms with van der Waals surface area (Å²) in [4.78, 5) is 11.4. The van der Waals surface area contributed by atoms with Gasteiger partial charge in [0.2, 0.25) is 0 Å². The van der Waals surface area contributed by atoms with Crippen molar-refractivity contribution in [3.63, 3.8) is 0 Å². The van der Waals surface area contributed by atoms with Crippen molar-refractivity contribution < 1.29 is 9.53 Å². The van der Waals surface area contributed by atoms with E-state index in [1.807, 2.05) is 0 Å². The van der Waals surface area contributed by atoms with Crippen molar-refractivity contribution in [2.75, 3.05) is 0 Å². The molecule has 16 heavy (non-hydrogen) atoms. The first-order valence-corrected chi connectivity index (χ1v) is 6.11. The highest BCUT2D eigenvalue weighted by atomic mass is 16.5. The predicted molar refractivity (Wildman–Crippen MR) is 64.9 cm³/mol. The van der Waals surface area contributed by atoms with Crippen LogP contribution in [-0.2, 0) is 9.53 Å². The molecule has 0 aromatic carbocycles. The molecule has 0 bridgehead atoms. The van der Waals surface area contributed by atoms with Gasteiger partial charge in [-0.3, -0.25) is 0 Å². The summed E-state index contributed by atoms with van der Waals surface area (Å²) in [5, 5.41) is 0. The SMILES string of the molecule is C=C=CC(=O)OC1CC(C)CCC1C(C)C. The van der Waals surface area contributed by atoms with Gasteiger partial charge in [0.1, 0.15) is 6.10 Å². The minimum absolute atomic E-state index is 0.0702. The van der Waals surface area contributed by atoms with Crippen LogP contribution in [0.2, 0.25) is 0 Å². The lowest BCUT2D eigenvalue weighted by Gasteiger charge is -2.36. The fourth-order valence-electron chi connectivity index (χ4n) is 2.52. The van der Waals surface area contributed by atoms with Crippen LogP contribution in [0.25, 0.3) is 0 Å². The average Bonchev–Trinajstić information content (AvgIpc) is 2.17. The molecule has 90 valence electrons. The second kappa shape index (κ2) is 5.91. The number of hydrogen-bond donors (Lipinski definition) is 0. The lowest BCUT2D eigenvalue weighted by Crippen LogP contribution is -2.35. The Balaban J connectivity index is 2.64. The van der Waals surface area contributed by atoms with Crippen LogP contribution >= 0.6 is 0 Å². The molecule has 1 fully saturated rings. The maximum Gasteiger partial charge on any atom is 0.338 e. The maximum atomic E-state index is 11.4. The van der Waals surface area contributed by atoms with E-state index in [2.05, 4.69) is 33.1 Å². The van der Waals surface area contributed by atoms with Crippen LogP contribution < -0.4 is 0 Å². The van der Waals surface area contributed by atoms with Gasteiger partial charge in [0, 0.05) is 0 Å². The van der Waals surface area contributed by atoms with Gasteiger partial charge in [-0.25, -0.2) is 4.79 Å². The molecule has 1 saturated carbocycles. The maximum absolute atomic E-state index is 11.4. The molecule has 0 amide bonds. The molecule has 1 aliphatic rings. The Morgan fingerprint density at radius 1 is 1.50 bits per heavy atom. The quantitative estimate of drug-likeness (QED) is 0.416. The Hall–Kier alpha value is -1.01. The summed E-state index contributed by atoms with van der Waals surface area (Å²) in [7, 11) is 0. The number of hydrogen-bond acceptors (Lipinski definition) is 2. The Morgan fingerprint density at radius 3 is 2.75 bits per heavy atom. The average molecular weight is 222 g/mol. The fourth-order valence-corrected chi connectivity index (χ4v) is 2.52. The van der Waals surface area contributed by atoms with Crippen molar-refractivity contribution in [3.8, 4) is 0 Å². The molecule has 3 atom stereocenters. The van der Waals surface area contributed by atoms with Gasteiger partial charge in [-0.2, -0.15) is 0 Å². The van der Waals surface area contributed by atoms with Crippen LogP contribution in [0.4, 0.5) is 0 Å². The second-order valence-electron chi connectivity index (χ2n) is 5.15. The monoisotopic (exact) mass is 222 g/mol. The molecule has 0 aliphatic heterocycles. The van der Waals surface area contributed by atoms with Crippen molar-refractivity contribution >= 4 is 5.97 Å². The van der Waals surface area contributed by atoms with E-state index in [1.165, 1.54) is 12.5 Å². The van der Waals surface area contributed by atoms with E-state index in [0.29, 0.717) is 17.8 Å². The van der Waals surface area contributed by atoms with E-state index >= 15 is 0 Å². The number of ether oxygens (including phenoxy) is 1. The van der Waals surface area contributed by atoms with Crippen molar-refractivity contribution in [1.82, 2.24) is 0 Å². The van der Waals surface area contributed by atoms with E-state index in [9.17, 15) is 4.79 Å². The van der Waals surface area contributed by atoms with Crippen LogP contribution in [0.5, 0.6) is 0 Å². The molecule has 0 heterocycles. The highest BCUT2D eigenvalue weighted by molar-refractivity contribution is 5.81. The molecule has 1 aliphatic carbocycles. The summed E-state index contributed by atoms with van der Waals surface area (Å²) in [6, 6.07) is 0. The van der Waals surface area contributed by atoms with Crippen LogP contribution in [0.1, 0.15) is 40.0 Å². The Kier molecular flexibility index (Phi) is 4.82. The summed E-state index contributed by atoms with van der Waals surface area (Å²) in [5.41, 5.74) is 2.46. The molecule has 3 unspecified atom stereocenters. The zero-order valence-electron chi connectivity index (χ0n) is 10.5. The van der Waals surface area contributed by atoms with E-state index in [4.69, 9.17) is 4.74 Å². The van der Waals surface area contributed by atoms with Crippen LogP contribution in [0.15, 0.2) is 18.4 Å². The predicted octanol–water partition coefficient (Wildman–Crippen LogP) is 3.33. The minimum atomic E-state index is -0.306. The number of esters is 1. The van der Waals surface area contributed by atoms with Gasteiger partial charge in [0.05, 0.1) is 6.08 Å². The molecule has 0 radical (unpaired) electrons. The smallest absolute Gasteiger partial charge is 0.338 e. The van der Waals surface area contributed by atoms with Crippen molar-refractivity contribution in [2.45, 2.75) is 46.1 Å². The van der Waals surface area contributed by atoms with Crippen LogP contribution in [0.3, 0.4) is 0 Å².